The molecule has 0 N–H and O–H groups in total. The fourth-order valence-electron chi connectivity index (χ4n) is 3.39. The summed E-state index contributed by atoms with van der Waals surface area (Å²) in [6.45, 7) is 2.49. The number of hydrogen-bond acceptors (Lipinski definition) is 2. The molecule has 0 aromatic carbocycles. The Labute approximate surface area is 110 Å². The molecule has 1 aromatic heterocycles. The fourth-order valence-corrected chi connectivity index (χ4v) is 4.87. The molecule has 88 valence electrons. The van der Waals surface area contributed by atoms with Gasteiger partial charge in [0.1, 0.15) is 0 Å². The molecule has 1 saturated heterocycles. The van der Waals surface area contributed by atoms with Gasteiger partial charge in [-0.2, -0.15) is 0 Å². The highest BCUT2D eigenvalue weighted by molar-refractivity contribution is 9.10. The lowest BCUT2D eigenvalue weighted by molar-refractivity contribution is 0.107. The first-order chi connectivity index (χ1) is 7.83. The average Bonchev–Trinajstić information content (AvgIpc) is 2.87. The van der Waals surface area contributed by atoms with Gasteiger partial charge >= 0.3 is 0 Å². The predicted molar refractivity (Wildman–Crippen MR) is 72.8 cm³/mol. The lowest BCUT2D eigenvalue weighted by Gasteiger charge is -2.37. The predicted octanol–water partition coefficient (Wildman–Crippen LogP) is 4.28. The van der Waals surface area contributed by atoms with Crippen LogP contribution < -0.4 is 0 Å². The molecule has 0 spiro atoms. The molecule has 2 fully saturated rings. The van der Waals surface area contributed by atoms with E-state index >= 15 is 0 Å². The van der Waals surface area contributed by atoms with E-state index in [4.69, 9.17) is 0 Å². The number of hydrogen-bond donors (Lipinski definition) is 0. The van der Waals surface area contributed by atoms with Crippen molar-refractivity contribution in [3.63, 3.8) is 0 Å². The highest BCUT2D eigenvalue weighted by Gasteiger charge is 2.34. The Balaban J connectivity index is 1.69. The first-order valence-corrected chi connectivity index (χ1v) is 7.97. The third-order valence-corrected chi connectivity index (χ3v) is 5.77. The molecule has 2 heterocycles. The summed E-state index contributed by atoms with van der Waals surface area (Å²) < 4.78 is 1.24. The van der Waals surface area contributed by atoms with E-state index in [9.17, 15) is 0 Å². The van der Waals surface area contributed by atoms with Crippen LogP contribution in [0.15, 0.2) is 15.9 Å². The van der Waals surface area contributed by atoms with Crippen LogP contribution in [0.25, 0.3) is 0 Å². The van der Waals surface area contributed by atoms with Crippen LogP contribution in [0.2, 0.25) is 0 Å². The minimum Gasteiger partial charge on any atom is -0.295 e. The molecular weight excluding hydrogens is 282 g/mol. The molecule has 3 heteroatoms. The van der Waals surface area contributed by atoms with Crippen molar-refractivity contribution >= 4 is 27.3 Å². The SMILES string of the molecule is Brc1csc(CN2CCCC3CCCC32)c1. The largest absolute Gasteiger partial charge is 0.295 e. The van der Waals surface area contributed by atoms with Crippen LogP contribution >= 0.6 is 27.3 Å². The van der Waals surface area contributed by atoms with Crippen molar-refractivity contribution in [3.05, 3.63) is 20.8 Å². The summed E-state index contributed by atoms with van der Waals surface area (Å²) in [6, 6.07) is 3.18. The molecule has 2 atom stereocenters. The van der Waals surface area contributed by atoms with E-state index in [0.29, 0.717) is 0 Å². The topological polar surface area (TPSA) is 3.24 Å². The van der Waals surface area contributed by atoms with E-state index in [1.165, 1.54) is 54.5 Å². The number of thiophene rings is 1. The minimum atomic E-state index is 0.898. The van der Waals surface area contributed by atoms with Crippen LogP contribution in [-0.2, 0) is 6.54 Å². The highest BCUT2D eigenvalue weighted by atomic mass is 79.9. The summed E-state index contributed by atoms with van der Waals surface area (Å²) in [5.41, 5.74) is 0. The second-order valence-corrected chi connectivity index (χ2v) is 7.01. The summed E-state index contributed by atoms with van der Waals surface area (Å²) >= 11 is 5.43. The second-order valence-electron chi connectivity index (χ2n) is 5.10. The van der Waals surface area contributed by atoms with Crippen molar-refractivity contribution in [2.45, 2.75) is 44.7 Å². The summed E-state index contributed by atoms with van der Waals surface area (Å²) in [5.74, 6) is 1.01. The molecule has 16 heavy (non-hydrogen) atoms. The van der Waals surface area contributed by atoms with Gasteiger partial charge in [-0.25, -0.2) is 0 Å². The molecule has 0 bridgehead atoms. The fraction of sp³-hybridized carbons (Fsp3) is 0.692. The van der Waals surface area contributed by atoms with Crippen molar-refractivity contribution in [1.82, 2.24) is 4.90 Å². The van der Waals surface area contributed by atoms with Gasteiger partial charge in [-0.1, -0.05) is 6.42 Å². The minimum absolute atomic E-state index is 0.898. The Morgan fingerprint density at radius 2 is 2.19 bits per heavy atom. The van der Waals surface area contributed by atoms with Crippen LogP contribution in [0.5, 0.6) is 0 Å². The van der Waals surface area contributed by atoms with Gasteiger partial charge < -0.3 is 0 Å². The summed E-state index contributed by atoms with van der Waals surface area (Å²) in [5, 5.41) is 2.20. The number of piperidine rings is 1. The third-order valence-electron chi connectivity index (χ3n) is 4.09. The van der Waals surface area contributed by atoms with Crippen molar-refractivity contribution < 1.29 is 0 Å². The highest BCUT2D eigenvalue weighted by Crippen LogP contribution is 2.37. The Kier molecular flexibility index (Phi) is 3.37. The van der Waals surface area contributed by atoms with Crippen LogP contribution in [0.4, 0.5) is 0 Å². The molecule has 0 amide bonds. The van der Waals surface area contributed by atoms with Gasteiger partial charge in [0.25, 0.3) is 0 Å². The van der Waals surface area contributed by atoms with Crippen molar-refractivity contribution in [2.75, 3.05) is 6.54 Å². The lowest BCUT2D eigenvalue weighted by Crippen LogP contribution is -2.41. The number of fused-ring (bicyclic) bond motifs is 1. The van der Waals surface area contributed by atoms with Crippen LogP contribution in [0.1, 0.15) is 37.0 Å². The zero-order chi connectivity index (χ0) is 11.0. The third kappa shape index (κ3) is 2.22. The van der Waals surface area contributed by atoms with Gasteiger partial charge in [-0.3, -0.25) is 4.90 Å². The molecule has 1 aliphatic carbocycles. The van der Waals surface area contributed by atoms with E-state index in [2.05, 4.69) is 32.3 Å². The van der Waals surface area contributed by atoms with Crippen LogP contribution in [0, 0.1) is 5.92 Å². The zero-order valence-corrected chi connectivity index (χ0v) is 11.9. The number of rotatable bonds is 2. The quantitative estimate of drug-likeness (QED) is 0.788. The maximum Gasteiger partial charge on any atom is 0.0331 e. The van der Waals surface area contributed by atoms with Crippen molar-refractivity contribution in [3.8, 4) is 0 Å². The van der Waals surface area contributed by atoms with Crippen LogP contribution in [0.3, 0.4) is 0 Å². The smallest absolute Gasteiger partial charge is 0.0331 e. The van der Waals surface area contributed by atoms with Gasteiger partial charge in [-0.05, 0) is 60.1 Å². The number of likely N-dealkylation sites (tertiary alicyclic amines) is 1. The van der Waals surface area contributed by atoms with Crippen LogP contribution in [-0.4, -0.2) is 17.5 Å². The van der Waals surface area contributed by atoms with E-state index in [1.807, 2.05) is 11.3 Å². The molecule has 2 unspecified atom stereocenters. The zero-order valence-electron chi connectivity index (χ0n) is 9.49. The maximum absolute atomic E-state index is 3.55. The maximum atomic E-state index is 3.55. The van der Waals surface area contributed by atoms with Crippen molar-refractivity contribution in [1.29, 1.82) is 0 Å². The first-order valence-electron chi connectivity index (χ1n) is 6.30. The number of nitrogens with zero attached hydrogens (tertiary/aromatic N) is 1. The summed E-state index contributed by atoms with van der Waals surface area (Å²) in [6.07, 6.45) is 7.27. The summed E-state index contributed by atoms with van der Waals surface area (Å²) in [7, 11) is 0. The molecule has 1 nitrogen and oxygen atoms in total. The Morgan fingerprint density at radius 3 is 3.00 bits per heavy atom. The Morgan fingerprint density at radius 1 is 1.31 bits per heavy atom. The van der Waals surface area contributed by atoms with Gasteiger partial charge in [0.05, 0.1) is 0 Å². The first kappa shape index (κ1) is 11.2. The molecule has 0 radical (unpaired) electrons. The number of halogens is 1. The molecule has 2 aliphatic rings. The van der Waals surface area contributed by atoms with E-state index in [0.717, 1.165) is 12.0 Å². The molecular formula is C13H18BrNS. The van der Waals surface area contributed by atoms with Crippen molar-refractivity contribution in [2.24, 2.45) is 5.92 Å². The van der Waals surface area contributed by atoms with Gasteiger partial charge in [0.2, 0.25) is 0 Å². The molecule has 1 saturated carbocycles. The monoisotopic (exact) mass is 299 g/mol. The average molecular weight is 300 g/mol. The molecule has 3 rings (SSSR count). The normalized spacial score (nSPS) is 30.6. The standard InChI is InChI=1S/C13H18BrNS/c14-11-7-12(16-9-11)8-15-6-2-4-10-3-1-5-13(10)15/h7,9-10,13H,1-6,8H2. The van der Waals surface area contributed by atoms with E-state index in [1.54, 1.807) is 0 Å². The van der Waals surface area contributed by atoms with E-state index in [-0.39, 0.29) is 0 Å². The summed E-state index contributed by atoms with van der Waals surface area (Å²) in [4.78, 5) is 4.25. The lowest BCUT2D eigenvalue weighted by atomic mass is 9.92. The van der Waals surface area contributed by atoms with Gasteiger partial charge in [-0.15, -0.1) is 11.3 Å². The molecule has 1 aliphatic heterocycles. The van der Waals surface area contributed by atoms with Gasteiger partial charge in [0.15, 0.2) is 0 Å². The Bertz CT molecular complexity index is 363. The van der Waals surface area contributed by atoms with Gasteiger partial charge in [0, 0.05) is 27.3 Å². The Hall–Kier alpha value is 0.140. The molecule has 1 aromatic rings. The second kappa shape index (κ2) is 4.79. The van der Waals surface area contributed by atoms with E-state index < -0.39 is 0 Å².